The summed E-state index contributed by atoms with van der Waals surface area (Å²) < 4.78 is 0.736. The summed E-state index contributed by atoms with van der Waals surface area (Å²) in [6.07, 6.45) is 5.03. The van der Waals surface area contributed by atoms with Crippen LogP contribution >= 0.6 is 22.6 Å². The van der Waals surface area contributed by atoms with Crippen molar-refractivity contribution in [3.8, 4) is 0 Å². The molecule has 1 aromatic carbocycles. The smallest absolute Gasteiger partial charge is 0.0363 e. The molecule has 0 saturated carbocycles. The molecule has 1 aliphatic rings. The average Bonchev–Trinajstić information content (AvgIpc) is 2.82. The lowest BCUT2D eigenvalue weighted by atomic mass is 10.1. The van der Waals surface area contributed by atoms with Gasteiger partial charge in [0.1, 0.15) is 0 Å². The van der Waals surface area contributed by atoms with E-state index < -0.39 is 0 Å². The number of hydrogen-bond donors (Lipinski definition) is 0. The Balaban J connectivity index is 1.79. The molecule has 2 aromatic rings. The fourth-order valence-electron chi connectivity index (χ4n) is 2.77. The summed E-state index contributed by atoms with van der Waals surface area (Å²) in [6.45, 7) is 2.20. The van der Waals surface area contributed by atoms with Crippen LogP contribution in [0.15, 0.2) is 54.9 Å². The van der Waals surface area contributed by atoms with Crippen LogP contribution in [0.25, 0.3) is 0 Å². The summed E-state index contributed by atoms with van der Waals surface area (Å²) in [7, 11) is 0. The summed E-state index contributed by atoms with van der Waals surface area (Å²) in [5.74, 6) is 0. The molecule has 2 heterocycles. The van der Waals surface area contributed by atoms with E-state index in [-0.39, 0.29) is 0 Å². The van der Waals surface area contributed by atoms with Gasteiger partial charge in [-0.2, -0.15) is 0 Å². The van der Waals surface area contributed by atoms with Crippen LogP contribution in [0.1, 0.15) is 23.6 Å². The van der Waals surface area contributed by atoms with Gasteiger partial charge in [0, 0.05) is 35.4 Å². The van der Waals surface area contributed by atoms with E-state index in [0.717, 1.165) is 10.5 Å². The molecule has 2 nitrogen and oxygen atoms in total. The molecule has 19 heavy (non-hydrogen) atoms. The Bertz CT molecular complexity index is 515. The van der Waals surface area contributed by atoms with Crippen LogP contribution < -0.4 is 0 Å². The number of halogens is 1. The van der Waals surface area contributed by atoms with E-state index in [2.05, 4.69) is 74.9 Å². The van der Waals surface area contributed by atoms with Gasteiger partial charge in [0.05, 0.1) is 0 Å². The highest BCUT2D eigenvalue weighted by Gasteiger charge is 2.31. The summed E-state index contributed by atoms with van der Waals surface area (Å²) in [5, 5.41) is 0. The molecule has 0 radical (unpaired) electrons. The van der Waals surface area contributed by atoms with Crippen molar-refractivity contribution in [2.24, 2.45) is 0 Å². The van der Waals surface area contributed by atoms with Crippen LogP contribution in [0.2, 0.25) is 0 Å². The van der Waals surface area contributed by atoms with Crippen LogP contribution in [0.4, 0.5) is 0 Å². The highest BCUT2D eigenvalue weighted by atomic mass is 127. The lowest BCUT2D eigenvalue weighted by molar-refractivity contribution is 0.249. The van der Waals surface area contributed by atoms with Crippen molar-refractivity contribution in [1.29, 1.82) is 0 Å². The molecular formula is C16H17IN2. The number of alkyl halides is 1. The van der Waals surface area contributed by atoms with Gasteiger partial charge in [0.2, 0.25) is 0 Å². The van der Waals surface area contributed by atoms with E-state index in [1.165, 1.54) is 24.1 Å². The number of nitrogens with zero attached hydrogens (tertiary/aromatic N) is 2. The van der Waals surface area contributed by atoms with Crippen LogP contribution in [0.3, 0.4) is 0 Å². The summed E-state index contributed by atoms with van der Waals surface area (Å²) in [5.41, 5.74) is 2.79. The van der Waals surface area contributed by atoms with Gasteiger partial charge < -0.3 is 0 Å². The molecule has 3 heteroatoms. The molecule has 1 fully saturated rings. The minimum absolute atomic E-state index is 0.533. The van der Waals surface area contributed by atoms with E-state index in [9.17, 15) is 0 Å². The second kappa shape index (κ2) is 6.01. The van der Waals surface area contributed by atoms with Gasteiger partial charge in [-0.1, -0.05) is 52.9 Å². The summed E-state index contributed by atoms with van der Waals surface area (Å²) in [4.78, 5) is 6.71. The Morgan fingerprint density at radius 3 is 2.58 bits per heavy atom. The highest BCUT2D eigenvalue weighted by Crippen LogP contribution is 2.36. The molecule has 0 spiro atoms. The second-order valence-corrected chi connectivity index (χ2v) is 6.81. The van der Waals surface area contributed by atoms with Gasteiger partial charge >= 0.3 is 0 Å². The molecule has 0 unspecified atom stereocenters. The van der Waals surface area contributed by atoms with Crippen molar-refractivity contribution >= 4 is 22.6 Å². The predicted molar refractivity (Wildman–Crippen MR) is 86.3 cm³/mol. The van der Waals surface area contributed by atoms with E-state index >= 15 is 0 Å². The Labute approximate surface area is 128 Å². The van der Waals surface area contributed by atoms with Crippen LogP contribution in [-0.2, 0) is 6.54 Å². The van der Waals surface area contributed by atoms with Crippen molar-refractivity contribution in [2.45, 2.75) is 22.9 Å². The van der Waals surface area contributed by atoms with Gasteiger partial charge in [-0.05, 0) is 29.7 Å². The maximum absolute atomic E-state index is 4.12. The number of likely N-dealkylation sites (tertiary alicyclic amines) is 1. The molecule has 2 atom stereocenters. The first-order valence-corrected chi connectivity index (χ1v) is 7.89. The zero-order chi connectivity index (χ0) is 13.1. The van der Waals surface area contributed by atoms with Crippen molar-refractivity contribution in [3.05, 3.63) is 66.0 Å². The first kappa shape index (κ1) is 13.1. The van der Waals surface area contributed by atoms with Gasteiger partial charge in [0.15, 0.2) is 0 Å². The quantitative estimate of drug-likeness (QED) is 0.608. The zero-order valence-electron chi connectivity index (χ0n) is 10.7. The predicted octanol–water partition coefficient (Wildman–Crippen LogP) is 3.83. The van der Waals surface area contributed by atoms with Gasteiger partial charge in [0.25, 0.3) is 0 Å². The van der Waals surface area contributed by atoms with E-state index in [0.29, 0.717) is 6.04 Å². The molecule has 0 amide bonds. The molecule has 1 aromatic heterocycles. The second-order valence-electron chi connectivity index (χ2n) is 5.04. The third-order valence-corrected chi connectivity index (χ3v) is 4.57. The van der Waals surface area contributed by atoms with Crippen LogP contribution in [0.5, 0.6) is 0 Å². The number of pyridine rings is 1. The van der Waals surface area contributed by atoms with Gasteiger partial charge in [-0.3, -0.25) is 9.88 Å². The fourth-order valence-corrected chi connectivity index (χ4v) is 3.76. The normalized spacial score (nSPS) is 23.6. The Morgan fingerprint density at radius 2 is 1.84 bits per heavy atom. The molecule has 0 N–H and O–H groups in total. The van der Waals surface area contributed by atoms with E-state index in [1.807, 2.05) is 12.4 Å². The molecule has 98 valence electrons. The summed E-state index contributed by atoms with van der Waals surface area (Å²) >= 11 is 2.57. The highest BCUT2D eigenvalue weighted by molar-refractivity contribution is 14.1. The molecule has 3 rings (SSSR count). The first-order chi connectivity index (χ1) is 9.33. The number of rotatable bonds is 3. The third-order valence-electron chi connectivity index (χ3n) is 3.67. The maximum Gasteiger partial charge on any atom is 0.0363 e. The fraction of sp³-hybridized carbons (Fsp3) is 0.312. The van der Waals surface area contributed by atoms with Crippen LogP contribution in [-0.4, -0.2) is 20.4 Å². The standard InChI is InChI=1S/C16H17IN2/c17-15-10-16(14-6-8-18-9-7-14)19(12-15)11-13-4-2-1-3-5-13/h1-9,15-16H,10-12H2/t15-,16-/m1/s1. The molecule has 1 saturated heterocycles. The third kappa shape index (κ3) is 3.15. The van der Waals surface area contributed by atoms with Gasteiger partial charge in [-0.25, -0.2) is 0 Å². The molecule has 0 aliphatic carbocycles. The van der Waals surface area contributed by atoms with Crippen molar-refractivity contribution in [3.63, 3.8) is 0 Å². The maximum atomic E-state index is 4.12. The van der Waals surface area contributed by atoms with Crippen molar-refractivity contribution in [1.82, 2.24) is 9.88 Å². The number of aromatic nitrogens is 1. The molecular weight excluding hydrogens is 347 g/mol. The Kier molecular flexibility index (Phi) is 4.13. The minimum atomic E-state index is 0.533. The van der Waals surface area contributed by atoms with Gasteiger partial charge in [-0.15, -0.1) is 0 Å². The lowest BCUT2D eigenvalue weighted by Gasteiger charge is -2.24. The van der Waals surface area contributed by atoms with Crippen molar-refractivity contribution < 1.29 is 0 Å². The largest absolute Gasteiger partial charge is 0.291 e. The Morgan fingerprint density at radius 1 is 1.11 bits per heavy atom. The van der Waals surface area contributed by atoms with E-state index in [1.54, 1.807) is 0 Å². The minimum Gasteiger partial charge on any atom is -0.291 e. The van der Waals surface area contributed by atoms with E-state index in [4.69, 9.17) is 0 Å². The number of benzene rings is 1. The number of hydrogen-bond acceptors (Lipinski definition) is 2. The molecule has 0 bridgehead atoms. The SMILES string of the molecule is I[C@@H]1C[C@H](c2ccncc2)N(Cc2ccccc2)C1. The van der Waals surface area contributed by atoms with Crippen LogP contribution in [0, 0.1) is 0 Å². The van der Waals surface area contributed by atoms with Crippen molar-refractivity contribution in [2.75, 3.05) is 6.54 Å². The monoisotopic (exact) mass is 364 g/mol. The molecule has 1 aliphatic heterocycles. The topological polar surface area (TPSA) is 16.1 Å². The average molecular weight is 364 g/mol. The first-order valence-electron chi connectivity index (χ1n) is 6.65. The Hall–Kier alpha value is -0.940. The zero-order valence-corrected chi connectivity index (χ0v) is 12.9. The summed E-state index contributed by atoms with van der Waals surface area (Å²) in [6, 6.07) is 15.6. The lowest BCUT2D eigenvalue weighted by Crippen LogP contribution is -2.23.